The molecule has 0 bridgehead atoms. The third-order valence-electron chi connectivity index (χ3n) is 2.00. The lowest BCUT2D eigenvalue weighted by molar-refractivity contribution is 0.0697. The van der Waals surface area contributed by atoms with E-state index in [0.717, 1.165) is 6.42 Å². The SMILES string of the molecule is CCCNC(=O)Nc1cc(C(=O)O)ccc1Br. The van der Waals surface area contributed by atoms with E-state index in [1.165, 1.54) is 12.1 Å². The van der Waals surface area contributed by atoms with Crippen LogP contribution in [-0.2, 0) is 0 Å². The Kier molecular flexibility index (Phi) is 4.96. The summed E-state index contributed by atoms with van der Waals surface area (Å²) in [6.07, 6.45) is 0.837. The predicted molar refractivity (Wildman–Crippen MR) is 68.4 cm³/mol. The number of rotatable bonds is 4. The summed E-state index contributed by atoms with van der Waals surface area (Å²) in [6.45, 7) is 2.52. The van der Waals surface area contributed by atoms with E-state index in [0.29, 0.717) is 16.7 Å². The van der Waals surface area contributed by atoms with Gasteiger partial charge in [0, 0.05) is 11.0 Å². The van der Waals surface area contributed by atoms with Gasteiger partial charge < -0.3 is 15.7 Å². The van der Waals surface area contributed by atoms with Crippen molar-refractivity contribution in [2.75, 3.05) is 11.9 Å². The summed E-state index contributed by atoms with van der Waals surface area (Å²) in [5.41, 5.74) is 0.553. The number of amides is 2. The van der Waals surface area contributed by atoms with E-state index in [4.69, 9.17) is 5.11 Å². The van der Waals surface area contributed by atoms with Gasteiger partial charge in [-0.05, 0) is 40.5 Å². The second kappa shape index (κ2) is 6.24. The number of urea groups is 1. The van der Waals surface area contributed by atoms with Gasteiger partial charge in [-0.2, -0.15) is 0 Å². The molecule has 17 heavy (non-hydrogen) atoms. The molecule has 2 amide bonds. The lowest BCUT2D eigenvalue weighted by Crippen LogP contribution is -2.29. The topological polar surface area (TPSA) is 78.4 Å². The van der Waals surface area contributed by atoms with Crippen molar-refractivity contribution < 1.29 is 14.7 Å². The second-order valence-corrected chi connectivity index (χ2v) is 4.24. The Morgan fingerprint density at radius 1 is 1.41 bits per heavy atom. The van der Waals surface area contributed by atoms with E-state index >= 15 is 0 Å². The summed E-state index contributed by atoms with van der Waals surface area (Å²) < 4.78 is 0.633. The van der Waals surface area contributed by atoms with Crippen LogP contribution in [0, 0.1) is 0 Å². The zero-order valence-electron chi connectivity index (χ0n) is 9.29. The first-order valence-corrected chi connectivity index (χ1v) is 5.91. The van der Waals surface area contributed by atoms with Crippen molar-refractivity contribution >= 4 is 33.6 Å². The van der Waals surface area contributed by atoms with E-state index in [2.05, 4.69) is 26.6 Å². The van der Waals surface area contributed by atoms with Crippen LogP contribution in [-0.4, -0.2) is 23.7 Å². The molecule has 0 heterocycles. The summed E-state index contributed by atoms with van der Waals surface area (Å²) >= 11 is 3.24. The van der Waals surface area contributed by atoms with E-state index in [9.17, 15) is 9.59 Å². The molecule has 0 spiro atoms. The highest BCUT2D eigenvalue weighted by Crippen LogP contribution is 2.23. The Labute approximate surface area is 107 Å². The molecule has 0 aliphatic rings. The summed E-state index contributed by atoms with van der Waals surface area (Å²) in [5.74, 6) is -1.03. The normalized spacial score (nSPS) is 9.76. The van der Waals surface area contributed by atoms with Crippen molar-refractivity contribution in [2.45, 2.75) is 13.3 Å². The average Bonchev–Trinajstić information content (AvgIpc) is 2.29. The van der Waals surface area contributed by atoms with Gasteiger partial charge in [-0.25, -0.2) is 9.59 Å². The number of hydrogen-bond acceptors (Lipinski definition) is 2. The fraction of sp³-hybridized carbons (Fsp3) is 0.273. The van der Waals surface area contributed by atoms with Crippen LogP contribution in [0.15, 0.2) is 22.7 Å². The van der Waals surface area contributed by atoms with Gasteiger partial charge in [0.05, 0.1) is 11.3 Å². The van der Waals surface area contributed by atoms with Crippen molar-refractivity contribution in [3.05, 3.63) is 28.2 Å². The quantitative estimate of drug-likeness (QED) is 0.800. The maximum Gasteiger partial charge on any atom is 0.335 e. The molecule has 0 atom stereocenters. The van der Waals surface area contributed by atoms with E-state index in [1.807, 2.05) is 6.92 Å². The van der Waals surface area contributed by atoms with Crippen LogP contribution >= 0.6 is 15.9 Å². The number of carbonyl (C=O) groups excluding carboxylic acids is 1. The largest absolute Gasteiger partial charge is 0.478 e. The molecule has 0 fully saturated rings. The summed E-state index contributed by atoms with van der Waals surface area (Å²) in [5, 5.41) is 14.1. The maximum atomic E-state index is 11.4. The first-order valence-electron chi connectivity index (χ1n) is 5.12. The first-order chi connectivity index (χ1) is 8.04. The van der Waals surface area contributed by atoms with E-state index < -0.39 is 5.97 Å². The van der Waals surface area contributed by atoms with Crippen molar-refractivity contribution in [2.24, 2.45) is 0 Å². The number of aromatic carboxylic acids is 1. The number of anilines is 1. The first kappa shape index (κ1) is 13.5. The molecule has 0 aliphatic heterocycles. The van der Waals surface area contributed by atoms with Crippen LogP contribution < -0.4 is 10.6 Å². The number of carbonyl (C=O) groups is 2. The van der Waals surface area contributed by atoms with Crippen LogP contribution in [0.1, 0.15) is 23.7 Å². The van der Waals surface area contributed by atoms with Gasteiger partial charge in [0.1, 0.15) is 0 Å². The van der Waals surface area contributed by atoms with Gasteiger partial charge in [0.15, 0.2) is 0 Å². The molecule has 92 valence electrons. The number of nitrogens with one attached hydrogen (secondary N) is 2. The summed E-state index contributed by atoms with van der Waals surface area (Å²) in [4.78, 5) is 22.2. The van der Waals surface area contributed by atoms with Gasteiger partial charge in [-0.1, -0.05) is 6.92 Å². The molecule has 5 nitrogen and oxygen atoms in total. The number of benzene rings is 1. The number of carboxylic acids is 1. The molecule has 0 aromatic heterocycles. The molecule has 1 rings (SSSR count). The van der Waals surface area contributed by atoms with Gasteiger partial charge in [0.25, 0.3) is 0 Å². The summed E-state index contributed by atoms with van der Waals surface area (Å²) in [7, 11) is 0. The number of halogens is 1. The van der Waals surface area contributed by atoms with Crippen LogP contribution in [0.5, 0.6) is 0 Å². The Morgan fingerprint density at radius 2 is 2.12 bits per heavy atom. The van der Waals surface area contributed by atoms with Crippen LogP contribution in [0.3, 0.4) is 0 Å². The van der Waals surface area contributed by atoms with E-state index in [-0.39, 0.29) is 11.6 Å². The van der Waals surface area contributed by atoms with Gasteiger partial charge >= 0.3 is 12.0 Å². The molecule has 0 aliphatic carbocycles. The standard InChI is InChI=1S/C11H13BrN2O3/c1-2-5-13-11(17)14-9-6-7(10(15)16)3-4-8(9)12/h3-4,6H,2,5H2,1H3,(H,15,16)(H2,13,14,17). The number of hydrogen-bond donors (Lipinski definition) is 3. The monoisotopic (exact) mass is 300 g/mol. The maximum absolute atomic E-state index is 11.4. The van der Waals surface area contributed by atoms with Crippen molar-refractivity contribution in [1.82, 2.24) is 5.32 Å². The molecule has 1 aromatic rings. The minimum atomic E-state index is -1.03. The Morgan fingerprint density at radius 3 is 2.71 bits per heavy atom. The van der Waals surface area contributed by atoms with E-state index in [1.54, 1.807) is 6.07 Å². The van der Waals surface area contributed by atoms with Crippen LogP contribution in [0.2, 0.25) is 0 Å². The highest BCUT2D eigenvalue weighted by Gasteiger charge is 2.09. The minimum absolute atomic E-state index is 0.124. The fourth-order valence-corrected chi connectivity index (χ4v) is 1.50. The summed E-state index contributed by atoms with van der Waals surface area (Å²) in [6, 6.07) is 4.09. The second-order valence-electron chi connectivity index (χ2n) is 3.38. The Balaban J connectivity index is 2.79. The molecular weight excluding hydrogens is 288 g/mol. The molecule has 6 heteroatoms. The molecule has 1 aromatic carbocycles. The van der Waals surface area contributed by atoms with Gasteiger partial charge in [-0.15, -0.1) is 0 Å². The lowest BCUT2D eigenvalue weighted by Gasteiger charge is -2.09. The molecule has 0 saturated carbocycles. The third-order valence-corrected chi connectivity index (χ3v) is 2.69. The Bertz CT molecular complexity index is 435. The number of carboxylic acid groups (broad SMARTS) is 1. The van der Waals surface area contributed by atoms with Crippen LogP contribution in [0.25, 0.3) is 0 Å². The lowest BCUT2D eigenvalue weighted by atomic mass is 10.2. The highest BCUT2D eigenvalue weighted by atomic mass is 79.9. The zero-order valence-corrected chi connectivity index (χ0v) is 10.9. The smallest absolute Gasteiger partial charge is 0.335 e. The molecule has 0 saturated heterocycles. The minimum Gasteiger partial charge on any atom is -0.478 e. The average molecular weight is 301 g/mol. The van der Waals surface area contributed by atoms with Crippen molar-refractivity contribution in [1.29, 1.82) is 0 Å². The molecular formula is C11H13BrN2O3. The fourth-order valence-electron chi connectivity index (χ4n) is 1.16. The van der Waals surface area contributed by atoms with Crippen LogP contribution in [0.4, 0.5) is 10.5 Å². The predicted octanol–water partition coefficient (Wildman–Crippen LogP) is 2.68. The molecule has 3 N–H and O–H groups in total. The van der Waals surface area contributed by atoms with Crippen molar-refractivity contribution in [3.8, 4) is 0 Å². The Hall–Kier alpha value is -1.56. The third kappa shape index (κ3) is 4.07. The van der Waals surface area contributed by atoms with Gasteiger partial charge in [-0.3, -0.25) is 0 Å². The molecule has 0 unspecified atom stereocenters. The highest BCUT2D eigenvalue weighted by molar-refractivity contribution is 9.10. The van der Waals surface area contributed by atoms with Gasteiger partial charge in [0.2, 0.25) is 0 Å². The molecule has 0 radical (unpaired) electrons. The van der Waals surface area contributed by atoms with Crippen molar-refractivity contribution in [3.63, 3.8) is 0 Å². The zero-order chi connectivity index (χ0) is 12.8.